The standard InChI is InChI=1S/C18H15ClN2O4S2/c1-2-25-11-4-6-14-15(8-11)27-18(21-14)26-9-16(22)20-10-3-5-13(19)12(7-10)17(23)24/h3-8H,2,9H2,1H3,(H,20,22)(H,23,24). The lowest BCUT2D eigenvalue weighted by Crippen LogP contribution is -2.14. The van der Waals surface area contributed by atoms with Gasteiger partial charge in [0.2, 0.25) is 5.91 Å². The van der Waals surface area contributed by atoms with E-state index < -0.39 is 5.97 Å². The van der Waals surface area contributed by atoms with Gasteiger partial charge in [-0.05, 0) is 43.3 Å². The summed E-state index contributed by atoms with van der Waals surface area (Å²) >= 11 is 8.63. The van der Waals surface area contributed by atoms with Crippen molar-refractivity contribution in [2.24, 2.45) is 0 Å². The molecule has 0 saturated heterocycles. The van der Waals surface area contributed by atoms with Crippen molar-refractivity contribution >= 4 is 62.5 Å². The molecule has 2 aromatic carbocycles. The predicted molar refractivity (Wildman–Crippen MR) is 109 cm³/mol. The van der Waals surface area contributed by atoms with Crippen LogP contribution in [0.1, 0.15) is 17.3 Å². The van der Waals surface area contributed by atoms with Gasteiger partial charge in [0.15, 0.2) is 4.34 Å². The smallest absolute Gasteiger partial charge is 0.337 e. The Morgan fingerprint density at radius 3 is 2.85 bits per heavy atom. The van der Waals surface area contributed by atoms with Crippen LogP contribution in [0.2, 0.25) is 5.02 Å². The van der Waals surface area contributed by atoms with Gasteiger partial charge in [-0.2, -0.15) is 0 Å². The molecule has 0 bridgehead atoms. The number of fused-ring (bicyclic) bond motifs is 1. The fraction of sp³-hybridized carbons (Fsp3) is 0.167. The normalized spacial score (nSPS) is 10.7. The minimum absolute atomic E-state index is 0.0570. The van der Waals surface area contributed by atoms with E-state index in [0.29, 0.717) is 12.3 Å². The Morgan fingerprint density at radius 2 is 2.11 bits per heavy atom. The second kappa shape index (κ2) is 8.60. The number of thiazole rings is 1. The first-order chi connectivity index (χ1) is 13.0. The van der Waals surface area contributed by atoms with E-state index in [1.165, 1.54) is 35.2 Å². The van der Waals surface area contributed by atoms with Crippen LogP contribution in [-0.4, -0.2) is 34.3 Å². The van der Waals surface area contributed by atoms with Crippen molar-refractivity contribution < 1.29 is 19.4 Å². The van der Waals surface area contributed by atoms with Crippen LogP contribution in [0.5, 0.6) is 5.75 Å². The van der Waals surface area contributed by atoms with E-state index in [-0.39, 0.29) is 22.2 Å². The van der Waals surface area contributed by atoms with Crippen LogP contribution < -0.4 is 10.1 Å². The third kappa shape index (κ3) is 4.91. The number of carboxylic acid groups (broad SMARTS) is 1. The first-order valence-electron chi connectivity index (χ1n) is 7.95. The molecule has 0 spiro atoms. The molecule has 3 rings (SSSR count). The van der Waals surface area contributed by atoms with Crippen molar-refractivity contribution in [3.8, 4) is 5.75 Å². The van der Waals surface area contributed by atoms with Gasteiger partial charge in [-0.1, -0.05) is 23.4 Å². The highest BCUT2D eigenvalue weighted by Gasteiger charge is 2.12. The molecule has 27 heavy (non-hydrogen) atoms. The quantitative estimate of drug-likeness (QED) is 0.533. The molecule has 140 valence electrons. The van der Waals surface area contributed by atoms with Crippen molar-refractivity contribution in [1.82, 2.24) is 4.98 Å². The summed E-state index contributed by atoms with van der Waals surface area (Å²) in [6, 6.07) is 10.0. The summed E-state index contributed by atoms with van der Waals surface area (Å²) < 4.78 is 7.25. The molecule has 0 atom stereocenters. The van der Waals surface area contributed by atoms with Crippen molar-refractivity contribution in [3.05, 3.63) is 47.0 Å². The number of hydrogen-bond acceptors (Lipinski definition) is 6. The molecular weight excluding hydrogens is 408 g/mol. The van der Waals surface area contributed by atoms with Crippen molar-refractivity contribution in [3.63, 3.8) is 0 Å². The van der Waals surface area contributed by atoms with Crippen LogP contribution in [0, 0.1) is 0 Å². The van der Waals surface area contributed by atoms with E-state index in [9.17, 15) is 9.59 Å². The van der Waals surface area contributed by atoms with Gasteiger partial charge >= 0.3 is 5.97 Å². The number of halogens is 1. The third-order valence-corrected chi connectivity index (χ3v) is 5.95. The SMILES string of the molecule is CCOc1ccc2nc(SCC(=O)Nc3ccc(Cl)c(C(=O)O)c3)sc2c1. The number of carbonyl (C=O) groups is 2. The Bertz CT molecular complexity index is 1010. The number of carbonyl (C=O) groups excluding carboxylic acids is 1. The molecule has 9 heteroatoms. The zero-order valence-electron chi connectivity index (χ0n) is 14.2. The molecule has 1 amide bonds. The fourth-order valence-corrected chi connectivity index (χ4v) is 4.39. The molecule has 0 aliphatic heterocycles. The summed E-state index contributed by atoms with van der Waals surface area (Å²) in [5.41, 5.74) is 1.18. The lowest BCUT2D eigenvalue weighted by atomic mass is 10.2. The fourth-order valence-electron chi connectivity index (χ4n) is 2.29. The van der Waals surface area contributed by atoms with Crippen LogP contribution >= 0.6 is 34.7 Å². The number of ether oxygens (including phenoxy) is 1. The van der Waals surface area contributed by atoms with Crippen molar-refractivity contribution in [2.45, 2.75) is 11.3 Å². The van der Waals surface area contributed by atoms with Gasteiger partial charge in [0, 0.05) is 5.69 Å². The van der Waals surface area contributed by atoms with Gasteiger partial charge in [0.1, 0.15) is 5.75 Å². The van der Waals surface area contributed by atoms with Crippen LogP contribution in [0.25, 0.3) is 10.2 Å². The molecule has 0 unspecified atom stereocenters. The number of carboxylic acids is 1. The zero-order chi connectivity index (χ0) is 19.4. The molecule has 2 N–H and O–H groups in total. The maximum atomic E-state index is 12.2. The summed E-state index contributed by atoms with van der Waals surface area (Å²) in [7, 11) is 0. The lowest BCUT2D eigenvalue weighted by molar-refractivity contribution is -0.113. The van der Waals surface area contributed by atoms with Crippen molar-refractivity contribution in [2.75, 3.05) is 17.7 Å². The van der Waals surface area contributed by atoms with E-state index in [4.69, 9.17) is 21.4 Å². The average molecular weight is 423 g/mol. The first-order valence-corrected chi connectivity index (χ1v) is 10.1. The number of aromatic carboxylic acids is 1. The van der Waals surface area contributed by atoms with Crippen LogP contribution in [0.4, 0.5) is 5.69 Å². The largest absolute Gasteiger partial charge is 0.494 e. The Labute approximate surface area is 168 Å². The van der Waals surface area contributed by atoms with Gasteiger partial charge in [-0.15, -0.1) is 11.3 Å². The van der Waals surface area contributed by atoms with Crippen LogP contribution in [0.3, 0.4) is 0 Å². The van der Waals surface area contributed by atoms with Gasteiger partial charge < -0.3 is 15.2 Å². The number of rotatable bonds is 7. The minimum atomic E-state index is -1.15. The molecule has 1 heterocycles. The average Bonchev–Trinajstić information content (AvgIpc) is 3.04. The Hall–Kier alpha value is -2.29. The lowest BCUT2D eigenvalue weighted by Gasteiger charge is -2.06. The minimum Gasteiger partial charge on any atom is -0.494 e. The third-order valence-electron chi connectivity index (χ3n) is 3.46. The first kappa shape index (κ1) is 19.5. The van der Waals surface area contributed by atoms with E-state index in [0.717, 1.165) is 20.3 Å². The number of nitrogens with one attached hydrogen (secondary N) is 1. The topological polar surface area (TPSA) is 88.5 Å². The van der Waals surface area contributed by atoms with Gasteiger partial charge in [-0.3, -0.25) is 4.79 Å². The summed E-state index contributed by atoms with van der Waals surface area (Å²) in [5.74, 6) is -0.456. The molecule has 6 nitrogen and oxygen atoms in total. The predicted octanol–water partition coefficient (Wildman–Crippen LogP) is 4.78. The highest BCUT2D eigenvalue weighted by atomic mass is 35.5. The Balaban J connectivity index is 1.63. The summed E-state index contributed by atoms with van der Waals surface area (Å²) in [6.45, 7) is 2.53. The zero-order valence-corrected chi connectivity index (χ0v) is 16.6. The number of hydrogen-bond donors (Lipinski definition) is 2. The number of anilines is 1. The number of amides is 1. The van der Waals surface area contributed by atoms with E-state index >= 15 is 0 Å². The number of aromatic nitrogens is 1. The Morgan fingerprint density at radius 1 is 1.30 bits per heavy atom. The highest BCUT2D eigenvalue weighted by molar-refractivity contribution is 8.01. The molecular formula is C18H15ClN2O4S2. The van der Waals surface area contributed by atoms with E-state index in [1.54, 1.807) is 6.07 Å². The molecule has 1 aromatic heterocycles. The van der Waals surface area contributed by atoms with E-state index in [2.05, 4.69) is 10.3 Å². The van der Waals surface area contributed by atoms with Gasteiger partial charge in [0.05, 0.1) is 33.2 Å². The molecule has 0 aliphatic rings. The monoisotopic (exact) mass is 422 g/mol. The van der Waals surface area contributed by atoms with Gasteiger partial charge in [0.25, 0.3) is 0 Å². The maximum Gasteiger partial charge on any atom is 0.337 e. The molecule has 0 radical (unpaired) electrons. The molecule has 0 fully saturated rings. The number of thioether (sulfide) groups is 1. The van der Waals surface area contributed by atoms with Crippen LogP contribution in [-0.2, 0) is 4.79 Å². The Kier molecular flexibility index (Phi) is 6.20. The van der Waals surface area contributed by atoms with E-state index in [1.807, 2.05) is 25.1 Å². The highest BCUT2D eigenvalue weighted by Crippen LogP contribution is 2.32. The molecule has 0 saturated carbocycles. The second-order valence-corrected chi connectivity index (χ2v) is 8.04. The summed E-state index contributed by atoms with van der Waals surface area (Å²) in [4.78, 5) is 27.7. The molecule has 0 aliphatic carbocycles. The number of nitrogens with zero attached hydrogens (tertiary/aromatic N) is 1. The second-order valence-electron chi connectivity index (χ2n) is 5.38. The number of benzene rings is 2. The summed E-state index contributed by atoms with van der Waals surface area (Å²) in [5, 5.41) is 11.9. The summed E-state index contributed by atoms with van der Waals surface area (Å²) in [6.07, 6.45) is 0. The van der Waals surface area contributed by atoms with Gasteiger partial charge in [-0.25, -0.2) is 9.78 Å². The molecule has 3 aromatic rings. The van der Waals surface area contributed by atoms with Crippen molar-refractivity contribution in [1.29, 1.82) is 0 Å². The van der Waals surface area contributed by atoms with Crippen LogP contribution in [0.15, 0.2) is 40.7 Å². The maximum absolute atomic E-state index is 12.2.